The van der Waals surface area contributed by atoms with Crippen LogP contribution >= 0.6 is 0 Å². The zero-order valence-electron chi connectivity index (χ0n) is 15.7. The highest BCUT2D eigenvalue weighted by molar-refractivity contribution is 7.93. The van der Waals surface area contributed by atoms with Crippen molar-refractivity contribution in [1.82, 2.24) is 10.2 Å². The second kappa shape index (κ2) is 6.39. The SMILES string of the molecule is Cc1ccc(F)c(-c2cc(NS(=O)(=O)c3ccc4c5c(cccc35)C(=O)N4)n[nH]2)c1. The fraction of sp³-hybridized carbons (Fsp3) is 0.0476. The van der Waals surface area contributed by atoms with Gasteiger partial charge in [-0.15, -0.1) is 0 Å². The number of halogens is 1. The van der Waals surface area contributed by atoms with Gasteiger partial charge in [-0.2, -0.15) is 5.10 Å². The van der Waals surface area contributed by atoms with Crippen molar-refractivity contribution < 1.29 is 17.6 Å². The summed E-state index contributed by atoms with van der Waals surface area (Å²) in [4.78, 5) is 12.1. The van der Waals surface area contributed by atoms with Gasteiger partial charge in [-0.05, 0) is 37.3 Å². The van der Waals surface area contributed by atoms with E-state index in [0.29, 0.717) is 33.3 Å². The van der Waals surface area contributed by atoms with Gasteiger partial charge in [-0.25, -0.2) is 12.8 Å². The van der Waals surface area contributed by atoms with Crippen molar-refractivity contribution in [3.8, 4) is 11.3 Å². The van der Waals surface area contributed by atoms with Crippen LogP contribution in [0.1, 0.15) is 15.9 Å². The summed E-state index contributed by atoms with van der Waals surface area (Å²) in [5, 5.41) is 10.3. The number of hydrogen-bond donors (Lipinski definition) is 3. The summed E-state index contributed by atoms with van der Waals surface area (Å²) in [6.07, 6.45) is 0. The van der Waals surface area contributed by atoms with Gasteiger partial charge < -0.3 is 5.32 Å². The van der Waals surface area contributed by atoms with Crippen molar-refractivity contribution in [2.24, 2.45) is 0 Å². The molecule has 0 spiro atoms. The molecule has 0 aliphatic carbocycles. The molecular formula is C21H15FN4O3S. The first-order chi connectivity index (χ1) is 14.3. The molecule has 0 radical (unpaired) electrons. The molecule has 0 saturated heterocycles. The number of rotatable bonds is 4. The number of anilines is 2. The molecule has 0 saturated carbocycles. The van der Waals surface area contributed by atoms with E-state index < -0.39 is 15.8 Å². The lowest BCUT2D eigenvalue weighted by molar-refractivity contribution is 0.103. The quantitative estimate of drug-likeness (QED) is 0.462. The maximum Gasteiger partial charge on any atom is 0.263 e. The smallest absolute Gasteiger partial charge is 0.263 e. The van der Waals surface area contributed by atoms with Gasteiger partial charge in [0, 0.05) is 33.7 Å². The number of nitrogens with zero attached hydrogens (tertiary/aromatic N) is 1. The molecular weight excluding hydrogens is 407 g/mol. The fourth-order valence-corrected chi connectivity index (χ4v) is 4.84. The maximum absolute atomic E-state index is 14.1. The Morgan fingerprint density at radius 1 is 1.03 bits per heavy atom. The Morgan fingerprint density at radius 3 is 2.70 bits per heavy atom. The number of aryl methyl sites for hydroxylation is 1. The largest absolute Gasteiger partial charge is 0.321 e. The Morgan fingerprint density at radius 2 is 1.87 bits per heavy atom. The van der Waals surface area contributed by atoms with E-state index in [4.69, 9.17) is 0 Å². The molecule has 1 aliphatic heterocycles. The summed E-state index contributed by atoms with van der Waals surface area (Å²) in [6.45, 7) is 1.83. The number of carbonyl (C=O) groups is 1. The van der Waals surface area contributed by atoms with Crippen molar-refractivity contribution in [2.75, 3.05) is 10.0 Å². The van der Waals surface area contributed by atoms with Crippen LogP contribution in [0.15, 0.2) is 59.5 Å². The Hall–Kier alpha value is -3.72. The molecule has 3 aromatic carbocycles. The van der Waals surface area contributed by atoms with Crippen LogP contribution in [0.5, 0.6) is 0 Å². The summed E-state index contributed by atoms with van der Waals surface area (Å²) in [5.41, 5.74) is 2.50. The first-order valence-corrected chi connectivity index (χ1v) is 10.5. The van der Waals surface area contributed by atoms with Gasteiger partial charge in [0.2, 0.25) is 0 Å². The van der Waals surface area contributed by atoms with Gasteiger partial charge in [0.25, 0.3) is 15.9 Å². The number of amides is 1. The van der Waals surface area contributed by atoms with Crippen molar-refractivity contribution in [3.05, 3.63) is 71.5 Å². The number of sulfonamides is 1. The van der Waals surface area contributed by atoms with E-state index in [-0.39, 0.29) is 16.6 Å². The normalized spacial score (nSPS) is 12.9. The van der Waals surface area contributed by atoms with Gasteiger partial charge >= 0.3 is 0 Å². The maximum atomic E-state index is 14.1. The average molecular weight is 422 g/mol. The first kappa shape index (κ1) is 18.3. The van der Waals surface area contributed by atoms with E-state index in [1.807, 2.05) is 6.92 Å². The highest BCUT2D eigenvalue weighted by Crippen LogP contribution is 2.37. The zero-order valence-corrected chi connectivity index (χ0v) is 16.5. The Balaban J connectivity index is 1.54. The molecule has 2 heterocycles. The number of hydrogen-bond acceptors (Lipinski definition) is 4. The molecule has 1 aromatic heterocycles. The predicted molar refractivity (Wildman–Crippen MR) is 111 cm³/mol. The number of carbonyl (C=O) groups excluding carboxylic acids is 1. The molecule has 30 heavy (non-hydrogen) atoms. The van der Waals surface area contributed by atoms with Crippen LogP contribution in [0.3, 0.4) is 0 Å². The van der Waals surface area contributed by atoms with Gasteiger partial charge in [0.05, 0.1) is 10.6 Å². The molecule has 1 amide bonds. The Bertz CT molecular complexity index is 1460. The monoisotopic (exact) mass is 422 g/mol. The number of H-pyrrole nitrogens is 1. The molecule has 3 N–H and O–H groups in total. The molecule has 1 aliphatic rings. The number of aromatic amines is 1. The number of nitrogens with one attached hydrogen (secondary N) is 3. The lowest BCUT2D eigenvalue weighted by Gasteiger charge is -2.09. The van der Waals surface area contributed by atoms with Crippen LogP contribution in [0.2, 0.25) is 0 Å². The lowest BCUT2D eigenvalue weighted by atomic mass is 10.1. The van der Waals surface area contributed by atoms with Gasteiger partial charge in [-0.3, -0.25) is 14.6 Å². The molecule has 0 atom stereocenters. The standard InChI is InChI=1S/C21H15FN4O3S/c1-11-5-6-15(22)14(9-11)17-10-19(25-24-17)26-30(28,29)18-8-7-16-20-12(18)3-2-4-13(20)21(27)23-16/h2-10H,1H3,(H,23,27)(H2,24,25,26). The third-order valence-electron chi connectivity index (χ3n) is 5.01. The van der Waals surface area contributed by atoms with Crippen molar-refractivity contribution in [2.45, 2.75) is 11.8 Å². The lowest BCUT2D eigenvalue weighted by Crippen LogP contribution is -2.13. The summed E-state index contributed by atoms with van der Waals surface area (Å²) in [7, 11) is -4.02. The van der Waals surface area contributed by atoms with Crippen LogP contribution in [0.4, 0.5) is 15.9 Å². The van der Waals surface area contributed by atoms with Crippen molar-refractivity contribution in [1.29, 1.82) is 0 Å². The molecule has 0 unspecified atom stereocenters. The summed E-state index contributed by atoms with van der Waals surface area (Å²) < 4.78 is 42.7. The van der Waals surface area contributed by atoms with Crippen LogP contribution < -0.4 is 10.0 Å². The molecule has 5 rings (SSSR count). The van der Waals surface area contributed by atoms with Gasteiger partial charge in [-0.1, -0.05) is 23.8 Å². The van der Waals surface area contributed by atoms with E-state index in [9.17, 15) is 17.6 Å². The number of benzene rings is 3. The van der Waals surface area contributed by atoms with E-state index in [1.165, 1.54) is 18.2 Å². The Labute approximate surface area is 171 Å². The topological polar surface area (TPSA) is 104 Å². The number of aromatic nitrogens is 2. The van der Waals surface area contributed by atoms with E-state index in [2.05, 4.69) is 20.2 Å². The van der Waals surface area contributed by atoms with E-state index in [0.717, 1.165) is 5.56 Å². The third kappa shape index (κ3) is 2.82. The second-order valence-corrected chi connectivity index (χ2v) is 8.70. The van der Waals surface area contributed by atoms with Gasteiger partial charge in [0.1, 0.15) is 5.82 Å². The predicted octanol–water partition coefficient (Wildman–Crippen LogP) is 4.04. The third-order valence-corrected chi connectivity index (χ3v) is 6.42. The highest BCUT2D eigenvalue weighted by Gasteiger charge is 2.26. The van der Waals surface area contributed by atoms with Crippen molar-refractivity contribution in [3.63, 3.8) is 0 Å². The molecule has 7 nitrogen and oxygen atoms in total. The Kier molecular flexibility index (Phi) is 3.90. The summed E-state index contributed by atoms with van der Waals surface area (Å²) in [5.74, 6) is -0.679. The van der Waals surface area contributed by atoms with E-state index >= 15 is 0 Å². The van der Waals surface area contributed by atoms with Crippen LogP contribution in [0.25, 0.3) is 22.0 Å². The molecule has 150 valence electrons. The summed E-state index contributed by atoms with van der Waals surface area (Å²) >= 11 is 0. The molecule has 4 aromatic rings. The average Bonchev–Trinajstić information content (AvgIpc) is 3.29. The van der Waals surface area contributed by atoms with Gasteiger partial charge in [0.15, 0.2) is 5.82 Å². The minimum absolute atomic E-state index is 0.0193. The molecule has 0 fully saturated rings. The highest BCUT2D eigenvalue weighted by atomic mass is 32.2. The first-order valence-electron chi connectivity index (χ1n) is 9.05. The molecule has 0 bridgehead atoms. The van der Waals surface area contributed by atoms with Crippen LogP contribution in [0, 0.1) is 12.7 Å². The van der Waals surface area contributed by atoms with Crippen LogP contribution in [-0.4, -0.2) is 24.5 Å². The van der Waals surface area contributed by atoms with Crippen LogP contribution in [-0.2, 0) is 10.0 Å². The van der Waals surface area contributed by atoms with E-state index in [1.54, 1.807) is 36.4 Å². The molecule has 9 heteroatoms. The van der Waals surface area contributed by atoms with Crippen molar-refractivity contribution >= 4 is 38.2 Å². The summed E-state index contributed by atoms with van der Waals surface area (Å²) in [6, 6.07) is 14.0. The minimum Gasteiger partial charge on any atom is -0.321 e. The minimum atomic E-state index is -4.02. The zero-order chi connectivity index (χ0) is 21.0. The fourth-order valence-electron chi connectivity index (χ4n) is 3.65. The second-order valence-electron chi connectivity index (χ2n) is 7.05.